The van der Waals surface area contributed by atoms with Gasteiger partial charge in [0, 0.05) is 16.2 Å². The van der Waals surface area contributed by atoms with E-state index in [0.29, 0.717) is 10.5 Å². The molecule has 2 aromatic rings. The smallest absolute Gasteiger partial charge is 0.326 e. The Labute approximate surface area is 162 Å². The lowest BCUT2D eigenvalue weighted by atomic mass is 9.86. The molecule has 2 rings (SSSR count). The van der Waals surface area contributed by atoms with Crippen molar-refractivity contribution in [3.63, 3.8) is 0 Å². The van der Waals surface area contributed by atoms with Crippen molar-refractivity contribution in [3.05, 3.63) is 65.7 Å². The van der Waals surface area contributed by atoms with Crippen molar-refractivity contribution < 1.29 is 18.9 Å². The number of carbonyl (C=O) groups excluding carboxylic acids is 1. The van der Waals surface area contributed by atoms with Crippen LogP contribution in [-0.2, 0) is 21.0 Å². The van der Waals surface area contributed by atoms with E-state index in [1.54, 1.807) is 36.4 Å². The lowest BCUT2D eigenvalue weighted by molar-refractivity contribution is -0.139. The van der Waals surface area contributed by atoms with Gasteiger partial charge in [-0.25, -0.2) is 4.79 Å². The fraction of sp³-hybridized carbons (Fsp3) is 0.333. The molecule has 0 aliphatic rings. The molecular formula is C21H25NO4S. The Balaban J connectivity index is 2.00. The van der Waals surface area contributed by atoms with E-state index < -0.39 is 28.7 Å². The van der Waals surface area contributed by atoms with Gasteiger partial charge < -0.3 is 10.4 Å². The molecule has 27 heavy (non-hydrogen) atoms. The summed E-state index contributed by atoms with van der Waals surface area (Å²) in [5, 5.41) is 11.9. The van der Waals surface area contributed by atoms with Crippen molar-refractivity contribution in [2.45, 2.75) is 43.5 Å². The number of carboxylic acid groups (broad SMARTS) is 1. The zero-order chi connectivity index (χ0) is 20.0. The van der Waals surface area contributed by atoms with Crippen molar-refractivity contribution in [1.29, 1.82) is 0 Å². The van der Waals surface area contributed by atoms with Crippen LogP contribution in [0.4, 0.5) is 0 Å². The molecule has 2 atom stereocenters. The molecule has 0 bridgehead atoms. The molecule has 6 heteroatoms. The third-order valence-electron chi connectivity index (χ3n) is 4.21. The summed E-state index contributed by atoms with van der Waals surface area (Å²) < 4.78 is 12.3. The molecule has 1 amide bonds. The fourth-order valence-electron chi connectivity index (χ4n) is 2.54. The second-order valence-corrected chi connectivity index (χ2v) is 8.91. The molecular weight excluding hydrogens is 362 g/mol. The van der Waals surface area contributed by atoms with Gasteiger partial charge in [-0.15, -0.1) is 0 Å². The Morgan fingerprint density at radius 1 is 1.04 bits per heavy atom. The van der Waals surface area contributed by atoms with Crippen LogP contribution < -0.4 is 5.32 Å². The Bertz CT molecular complexity index is 810. The van der Waals surface area contributed by atoms with Crippen molar-refractivity contribution in [3.8, 4) is 0 Å². The summed E-state index contributed by atoms with van der Waals surface area (Å²) in [4.78, 5) is 24.5. The van der Waals surface area contributed by atoms with E-state index in [4.69, 9.17) is 0 Å². The van der Waals surface area contributed by atoms with Crippen molar-refractivity contribution >= 4 is 22.7 Å². The van der Waals surface area contributed by atoms with Gasteiger partial charge in [0.25, 0.3) is 5.91 Å². The molecule has 0 spiro atoms. The number of benzene rings is 2. The lowest BCUT2D eigenvalue weighted by Crippen LogP contribution is -2.41. The molecule has 0 aliphatic heterocycles. The molecule has 0 fully saturated rings. The average molecular weight is 388 g/mol. The third-order valence-corrected chi connectivity index (χ3v) is 5.62. The predicted molar refractivity (Wildman–Crippen MR) is 106 cm³/mol. The van der Waals surface area contributed by atoms with Gasteiger partial charge in [0.1, 0.15) is 6.04 Å². The molecule has 0 saturated carbocycles. The SMILES string of the molecule is CC(C)(C)c1ccc(C(=O)N[C@@H](CC[S@](=O)c2ccccc2)C(=O)O)cc1. The van der Waals surface area contributed by atoms with E-state index in [1.165, 1.54) is 0 Å². The van der Waals surface area contributed by atoms with E-state index in [-0.39, 0.29) is 17.6 Å². The summed E-state index contributed by atoms with van der Waals surface area (Å²) in [6, 6.07) is 14.9. The number of hydrogen-bond donors (Lipinski definition) is 2. The second-order valence-electron chi connectivity index (χ2n) is 7.34. The molecule has 0 aromatic heterocycles. The van der Waals surface area contributed by atoms with Crippen LogP contribution >= 0.6 is 0 Å². The zero-order valence-electron chi connectivity index (χ0n) is 15.8. The molecule has 0 aliphatic carbocycles. The second kappa shape index (κ2) is 8.95. The van der Waals surface area contributed by atoms with Gasteiger partial charge in [-0.2, -0.15) is 0 Å². The molecule has 144 valence electrons. The zero-order valence-corrected chi connectivity index (χ0v) is 16.6. The summed E-state index contributed by atoms with van der Waals surface area (Å²) >= 11 is 0. The Hall–Kier alpha value is -2.47. The van der Waals surface area contributed by atoms with Crippen LogP contribution in [0.15, 0.2) is 59.5 Å². The average Bonchev–Trinajstić information content (AvgIpc) is 2.64. The van der Waals surface area contributed by atoms with Gasteiger partial charge in [0.2, 0.25) is 0 Å². The molecule has 2 aromatic carbocycles. The van der Waals surface area contributed by atoms with Crippen molar-refractivity contribution in [1.82, 2.24) is 5.32 Å². The molecule has 0 unspecified atom stereocenters. The van der Waals surface area contributed by atoms with E-state index in [9.17, 15) is 18.9 Å². The van der Waals surface area contributed by atoms with Gasteiger partial charge in [-0.1, -0.05) is 51.1 Å². The van der Waals surface area contributed by atoms with Crippen LogP contribution in [0, 0.1) is 0 Å². The van der Waals surface area contributed by atoms with Crippen molar-refractivity contribution in [2.75, 3.05) is 5.75 Å². The highest BCUT2D eigenvalue weighted by Gasteiger charge is 2.22. The fourth-order valence-corrected chi connectivity index (χ4v) is 3.68. The highest BCUT2D eigenvalue weighted by Crippen LogP contribution is 2.22. The number of rotatable bonds is 7. The van der Waals surface area contributed by atoms with Gasteiger partial charge >= 0.3 is 5.97 Å². The van der Waals surface area contributed by atoms with Gasteiger partial charge in [0.15, 0.2) is 0 Å². The summed E-state index contributed by atoms with van der Waals surface area (Å²) in [6.07, 6.45) is 0.0860. The first-order valence-corrected chi connectivity index (χ1v) is 10.1. The van der Waals surface area contributed by atoms with E-state index in [2.05, 4.69) is 26.1 Å². The Kier molecular flexibility index (Phi) is 6.91. The maximum Gasteiger partial charge on any atom is 0.326 e. The van der Waals surface area contributed by atoms with Crippen LogP contribution in [-0.4, -0.2) is 33.0 Å². The van der Waals surface area contributed by atoms with Gasteiger partial charge in [-0.3, -0.25) is 9.00 Å². The monoisotopic (exact) mass is 387 g/mol. The third kappa shape index (κ3) is 6.03. The minimum atomic E-state index is -1.31. The van der Waals surface area contributed by atoms with Crippen LogP contribution in [0.1, 0.15) is 43.1 Å². The van der Waals surface area contributed by atoms with Crippen LogP contribution in [0.3, 0.4) is 0 Å². The normalized spacial score (nSPS) is 13.6. The maximum atomic E-state index is 12.4. The quantitative estimate of drug-likeness (QED) is 0.763. The number of carbonyl (C=O) groups is 2. The molecule has 0 radical (unpaired) electrons. The minimum absolute atomic E-state index is 0.0277. The number of hydrogen-bond acceptors (Lipinski definition) is 3. The van der Waals surface area contributed by atoms with Crippen LogP contribution in [0.5, 0.6) is 0 Å². The molecule has 0 saturated heterocycles. The van der Waals surface area contributed by atoms with E-state index in [1.807, 2.05) is 18.2 Å². The lowest BCUT2D eigenvalue weighted by Gasteiger charge is -2.19. The number of aliphatic carboxylic acids is 1. The topological polar surface area (TPSA) is 83.5 Å². The summed E-state index contributed by atoms with van der Waals surface area (Å²) in [5.74, 6) is -1.43. The van der Waals surface area contributed by atoms with Gasteiger partial charge in [0.05, 0.1) is 10.8 Å². The highest BCUT2D eigenvalue weighted by molar-refractivity contribution is 7.85. The largest absolute Gasteiger partial charge is 0.480 e. The van der Waals surface area contributed by atoms with E-state index >= 15 is 0 Å². The maximum absolute atomic E-state index is 12.4. The van der Waals surface area contributed by atoms with Crippen LogP contribution in [0.2, 0.25) is 0 Å². The van der Waals surface area contributed by atoms with Crippen molar-refractivity contribution in [2.24, 2.45) is 0 Å². The Morgan fingerprint density at radius 3 is 2.15 bits per heavy atom. The first-order valence-electron chi connectivity index (χ1n) is 8.76. The summed E-state index contributed by atoms with van der Waals surface area (Å²) in [7, 11) is -1.31. The summed E-state index contributed by atoms with van der Waals surface area (Å²) in [6.45, 7) is 6.24. The summed E-state index contributed by atoms with van der Waals surface area (Å²) in [5.41, 5.74) is 1.46. The van der Waals surface area contributed by atoms with E-state index in [0.717, 1.165) is 5.56 Å². The highest BCUT2D eigenvalue weighted by atomic mass is 32.2. The van der Waals surface area contributed by atoms with Gasteiger partial charge in [-0.05, 0) is 41.7 Å². The first-order chi connectivity index (χ1) is 12.7. The van der Waals surface area contributed by atoms with Crippen LogP contribution in [0.25, 0.3) is 0 Å². The number of carboxylic acids is 1. The predicted octanol–water partition coefficient (Wildman–Crippen LogP) is 3.37. The Morgan fingerprint density at radius 2 is 1.63 bits per heavy atom. The minimum Gasteiger partial charge on any atom is -0.480 e. The molecule has 0 heterocycles. The first kappa shape index (κ1) is 20.8. The standard InChI is InChI=1S/C21H25NO4S/c1-21(2,3)16-11-9-15(10-12-16)19(23)22-18(20(24)25)13-14-27(26)17-7-5-4-6-8-17/h4-12,18H,13-14H2,1-3H3,(H,22,23)(H,24,25)/t18-,27-/m0/s1. The molecule has 2 N–H and O–H groups in total. The number of amides is 1. The number of nitrogens with one attached hydrogen (secondary N) is 1. The molecule has 5 nitrogen and oxygen atoms in total.